The second kappa shape index (κ2) is 6.99. The summed E-state index contributed by atoms with van der Waals surface area (Å²) in [6, 6.07) is 3.68. The van der Waals surface area contributed by atoms with Crippen LogP contribution in [0.2, 0.25) is 0 Å². The molecule has 0 spiro atoms. The largest absolute Gasteiger partial charge is 0.388 e. The normalized spacial score (nSPS) is 11.0. The maximum atomic E-state index is 12.1. The number of rotatable bonds is 7. The van der Waals surface area contributed by atoms with Crippen molar-refractivity contribution >= 4 is 27.3 Å². The summed E-state index contributed by atoms with van der Waals surface area (Å²) in [5.74, 6) is -0.337. The summed E-state index contributed by atoms with van der Waals surface area (Å²) in [7, 11) is -1.09. The Labute approximate surface area is 121 Å². The minimum absolute atomic E-state index is 0.0603. The lowest BCUT2D eigenvalue weighted by molar-refractivity contribution is -0.387. The van der Waals surface area contributed by atoms with Crippen molar-refractivity contribution in [2.24, 2.45) is 0 Å². The number of carbonyl (C=O) groups is 1. The van der Waals surface area contributed by atoms with Crippen molar-refractivity contribution in [3.8, 4) is 0 Å². The lowest BCUT2D eigenvalue weighted by Crippen LogP contribution is -2.29. The number of benzene rings is 1. The van der Waals surface area contributed by atoms with Crippen LogP contribution in [-0.4, -0.2) is 39.9 Å². The third-order valence-corrected chi connectivity index (χ3v) is 4.15. The highest BCUT2D eigenvalue weighted by atomic mass is 32.2. The molecular formula is C11H16N4O5S. The van der Waals surface area contributed by atoms with E-state index in [9.17, 15) is 23.3 Å². The van der Waals surface area contributed by atoms with Gasteiger partial charge >= 0.3 is 0 Å². The van der Waals surface area contributed by atoms with Gasteiger partial charge in [-0.05, 0) is 12.1 Å². The van der Waals surface area contributed by atoms with Gasteiger partial charge in [-0.2, -0.15) is 0 Å². The van der Waals surface area contributed by atoms with E-state index >= 15 is 0 Å². The molecule has 3 N–H and O–H groups in total. The van der Waals surface area contributed by atoms with Crippen LogP contribution >= 0.6 is 0 Å². The quantitative estimate of drug-likeness (QED) is 0.481. The predicted molar refractivity (Wildman–Crippen MR) is 76.5 cm³/mol. The van der Waals surface area contributed by atoms with Gasteiger partial charge in [0.1, 0.15) is 0 Å². The van der Waals surface area contributed by atoms with E-state index < -0.39 is 25.5 Å². The van der Waals surface area contributed by atoms with Crippen LogP contribution in [0.15, 0.2) is 23.1 Å². The van der Waals surface area contributed by atoms with E-state index in [0.29, 0.717) is 5.69 Å². The molecule has 1 amide bonds. The van der Waals surface area contributed by atoms with E-state index in [4.69, 9.17) is 0 Å². The average Bonchev–Trinajstić information content (AvgIpc) is 2.45. The Balaban J connectivity index is 3.05. The standard InChI is InChI=1S/C11H16N4O5S/c1-12-8-3-4-9(15(17)18)10(7-8)21(19,20)14-6-5-11(16)13-2/h3-4,7,12,14H,5-6H2,1-2H3,(H,13,16). The topological polar surface area (TPSA) is 130 Å². The van der Waals surface area contributed by atoms with Crippen molar-refractivity contribution in [2.75, 3.05) is 26.0 Å². The monoisotopic (exact) mass is 316 g/mol. The Morgan fingerprint density at radius 1 is 1.33 bits per heavy atom. The highest BCUT2D eigenvalue weighted by molar-refractivity contribution is 7.89. The van der Waals surface area contributed by atoms with Crippen molar-refractivity contribution in [1.29, 1.82) is 0 Å². The summed E-state index contributed by atoms with van der Waals surface area (Å²) in [6.07, 6.45) is -0.0603. The van der Waals surface area contributed by atoms with Gasteiger partial charge in [0, 0.05) is 38.8 Å². The summed E-state index contributed by atoms with van der Waals surface area (Å²) < 4.78 is 26.4. The maximum Gasteiger partial charge on any atom is 0.289 e. The fraction of sp³-hybridized carbons (Fsp3) is 0.364. The van der Waals surface area contributed by atoms with Crippen LogP contribution < -0.4 is 15.4 Å². The number of amides is 1. The van der Waals surface area contributed by atoms with Gasteiger partial charge in [-0.3, -0.25) is 14.9 Å². The number of nitrogens with one attached hydrogen (secondary N) is 3. The third kappa shape index (κ3) is 4.39. The first-order chi connectivity index (χ1) is 9.81. The minimum Gasteiger partial charge on any atom is -0.388 e. The van der Waals surface area contributed by atoms with Crippen LogP contribution in [0, 0.1) is 10.1 Å². The molecular weight excluding hydrogens is 300 g/mol. The molecule has 0 bridgehead atoms. The Morgan fingerprint density at radius 3 is 2.52 bits per heavy atom. The number of carbonyl (C=O) groups excluding carboxylic acids is 1. The molecule has 10 heteroatoms. The van der Waals surface area contributed by atoms with Crippen LogP contribution in [0.1, 0.15) is 6.42 Å². The van der Waals surface area contributed by atoms with Crippen LogP contribution in [0.4, 0.5) is 11.4 Å². The molecule has 0 saturated carbocycles. The van der Waals surface area contributed by atoms with Gasteiger partial charge in [0.2, 0.25) is 15.9 Å². The number of hydrogen-bond acceptors (Lipinski definition) is 6. The molecule has 21 heavy (non-hydrogen) atoms. The van der Waals surface area contributed by atoms with E-state index in [1.807, 2.05) is 0 Å². The van der Waals surface area contributed by atoms with Gasteiger partial charge in [-0.25, -0.2) is 13.1 Å². The summed E-state index contributed by atoms with van der Waals surface area (Å²) in [5.41, 5.74) is -0.103. The molecule has 1 aromatic rings. The van der Waals surface area contributed by atoms with Gasteiger partial charge in [0.05, 0.1) is 4.92 Å². The molecule has 0 unspecified atom stereocenters. The maximum absolute atomic E-state index is 12.1. The molecule has 0 aliphatic carbocycles. The number of sulfonamides is 1. The number of nitro groups is 1. The first kappa shape index (κ1) is 16.9. The number of anilines is 1. The molecule has 0 radical (unpaired) electrons. The van der Waals surface area contributed by atoms with E-state index in [0.717, 1.165) is 6.07 Å². The third-order valence-electron chi connectivity index (χ3n) is 2.66. The van der Waals surface area contributed by atoms with E-state index in [-0.39, 0.29) is 18.9 Å². The molecule has 0 fully saturated rings. The van der Waals surface area contributed by atoms with Crippen molar-refractivity contribution in [1.82, 2.24) is 10.0 Å². The van der Waals surface area contributed by atoms with Crippen LogP contribution in [0.3, 0.4) is 0 Å². The van der Waals surface area contributed by atoms with Crippen molar-refractivity contribution in [2.45, 2.75) is 11.3 Å². The lowest BCUT2D eigenvalue weighted by Gasteiger charge is -2.08. The van der Waals surface area contributed by atoms with Gasteiger partial charge in [-0.15, -0.1) is 0 Å². The molecule has 0 atom stereocenters. The van der Waals surface area contributed by atoms with Crippen LogP contribution in [0.25, 0.3) is 0 Å². The van der Waals surface area contributed by atoms with Crippen molar-refractivity contribution < 1.29 is 18.1 Å². The number of nitro benzene ring substituents is 1. The minimum atomic E-state index is -4.08. The van der Waals surface area contributed by atoms with E-state index in [1.165, 1.54) is 19.2 Å². The van der Waals surface area contributed by atoms with E-state index in [2.05, 4.69) is 15.4 Å². The Morgan fingerprint density at radius 2 is 2.00 bits per heavy atom. The Kier molecular flexibility index (Phi) is 5.61. The highest BCUT2D eigenvalue weighted by Gasteiger charge is 2.25. The Bertz CT molecular complexity index is 644. The SMILES string of the molecule is CNC(=O)CCNS(=O)(=O)c1cc(NC)ccc1[N+](=O)[O-]. The molecule has 0 aliphatic rings. The zero-order chi connectivity index (χ0) is 16.0. The van der Waals surface area contributed by atoms with Crippen molar-refractivity contribution in [3.63, 3.8) is 0 Å². The van der Waals surface area contributed by atoms with E-state index in [1.54, 1.807) is 7.05 Å². The summed E-state index contributed by atoms with van der Waals surface area (Å²) in [6.45, 7) is -0.150. The van der Waals surface area contributed by atoms with Gasteiger partial charge in [0.25, 0.3) is 5.69 Å². The molecule has 9 nitrogen and oxygen atoms in total. The summed E-state index contributed by atoms with van der Waals surface area (Å²) >= 11 is 0. The Hall–Kier alpha value is -2.20. The second-order valence-electron chi connectivity index (χ2n) is 4.01. The zero-order valence-corrected chi connectivity index (χ0v) is 12.4. The van der Waals surface area contributed by atoms with Crippen LogP contribution in [0.5, 0.6) is 0 Å². The summed E-state index contributed by atoms with van der Waals surface area (Å²) in [5, 5.41) is 16.0. The highest BCUT2D eigenvalue weighted by Crippen LogP contribution is 2.26. The van der Waals surface area contributed by atoms with Crippen LogP contribution in [-0.2, 0) is 14.8 Å². The smallest absolute Gasteiger partial charge is 0.289 e. The van der Waals surface area contributed by atoms with Gasteiger partial charge in [0.15, 0.2) is 4.90 Å². The van der Waals surface area contributed by atoms with Gasteiger partial charge in [-0.1, -0.05) is 0 Å². The molecule has 0 heterocycles. The lowest BCUT2D eigenvalue weighted by atomic mass is 10.3. The predicted octanol–water partition coefficient (Wildman–Crippen LogP) is 0.0509. The number of nitrogens with zero attached hydrogens (tertiary/aromatic N) is 1. The molecule has 0 saturated heterocycles. The fourth-order valence-electron chi connectivity index (χ4n) is 1.54. The number of hydrogen-bond donors (Lipinski definition) is 3. The first-order valence-corrected chi connectivity index (χ1v) is 7.46. The molecule has 1 rings (SSSR count). The summed E-state index contributed by atoms with van der Waals surface area (Å²) in [4.78, 5) is 20.8. The molecule has 1 aromatic carbocycles. The van der Waals surface area contributed by atoms with Crippen molar-refractivity contribution in [3.05, 3.63) is 28.3 Å². The molecule has 0 aliphatic heterocycles. The molecule has 0 aromatic heterocycles. The second-order valence-corrected chi connectivity index (χ2v) is 5.75. The molecule has 116 valence electrons. The zero-order valence-electron chi connectivity index (χ0n) is 11.5. The fourth-order valence-corrected chi connectivity index (χ4v) is 2.76. The van der Waals surface area contributed by atoms with Gasteiger partial charge < -0.3 is 10.6 Å². The first-order valence-electron chi connectivity index (χ1n) is 5.98. The average molecular weight is 316 g/mol.